The maximum absolute atomic E-state index is 12.2. The predicted molar refractivity (Wildman–Crippen MR) is 69.5 cm³/mol. The Balaban J connectivity index is 2.11. The van der Waals surface area contributed by atoms with Gasteiger partial charge in [0.2, 0.25) is 0 Å². The van der Waals surface area contributed by atoms with Crippen LogP contribution in [0.15, 0.2) is 12.4 Å². The molecule has 0 radical (unpaired) electrons. The highest BCUT2D eigenvalue weighted by molar-refractivity contribution is 8.00. The fraction of sp³-hybridized carbons (Fsp3) is 0.545. The van der Waals surface area contributed by atoms with E-state index in [4.69, 9.17) is 11.6 Å². The molecule has 0 aromatic carbocycles. The van der Waals surface area contributed by atoms with Crippen LogP contribution in [0.5, 0.6) is 0 Å². The molecule has 2 unspecified atom stereocenters. The van der Waals surface area contributed by atoms with Crippen LogP contribution in [0.3, 0.4) is 0 Å². The topological polar surface area (TPSA) is 46.1 Å². The number of hydrogen-bond acceptors (Lipinski definition) is 4. The lowest BCUT2D eigenvalue weighted by Crippen LogP contribution is -2.44. The van der Waals surface area contributed by atoms with E-state index in [9.17, 15) is 4.79 Å². The summed E-state index contributed by atoms with van der Waals surface area (Å²) in [6, 6.07) is 0. The summed E-state index contributed by atoms with van der Waals surface area (Å²) in [6.45, 7) is 5.79. The molecule has 0 bridgehead atoms. The van der Waals surface area contributed by atoms with E-state index in [0.29, 0.717) is 21.3 Å². The van der Waals surface area contributed by atoms with Gasteiger partial charge in [-0.3, -0.25) is 4.79 Å². The van der Waals surface area contributed by atoms with Crippen molar-refractivity contribution in [3.05, 3.63) is 23.2 Å². The van der Waals surface area contributed by atoms with Crippen molar-refractivity contribution in [3.8, 4) is 0 Å². The van der Waals surface area contributed by atoms with Crippen molar-refractivity contribution in [1.29, 1.82) is 0 Å². The number of amides is 1. The molecule has 1 aliphatic heterocycles. The van der Waals surface area contributed by atoms with E-state index in [-0.39, 0.29) is 5.91 Å². The summed E-state index contributed by atoms with van der Waals surface area (Å²) >= 11 is 7.56. The van der Waals surface area contributed by atoms with Gasteiger partial charge in [-0.25, -0.2) is 9.97 Å². The van der Waals surface area contributed by atoms with E-state index < -0.39 is 0 Å². The Morgan fingerprint density at radius 2 is 2.00 bits per heavy atom. The van der Waals surface area contributed by atoms with Gasteiger partial charge >= 0.3 is 0 Å². The highest BCUT2D eigenvalue weighted by Gasteiger charge is 2.27. The average molecular weight is 272 g/mol. The van der Waals surface area contributed by atoms with Crippen molar-refractivity contribution in [2.45, 2.75) is 24.3 Å². The van der Waals surface area contributed by atoms with Crippen molar-refractivity contribution in [3.63, 3.8) is 0 Å². The Morgan fingerprint density at radius 1 is 1.35 bits per heavy atom. The van der Waals surface area contributed by atoms with Crippen LogP contribution in [0.4, 0.5) is 0 Å². The first-order valence-electron chi connectivity index (χ1n) is 5.48. The number of halogens is 1. The molecule has 17 heavy (non-hydrogen) atoms. The Morgan fingerprint density at radius 3 is 2.53 bits per heavy atom. The maximum atomic E-state index is 12.2. The quantitative estimate of drug-likeness (QED) is 0.785. The highest BCUT2D eigenvalue weighted by Crippen LogP contribution is 2.25. The summed E-state index contributed by atoms with van der Waals surface area (Å²) in [5.74, 6) is -0.0619. The van der Waals surface area contributed by atoms with Gasteiger partial charge in [0, 0.05) is 23.6 Å². The van der Waals surface area contributed by atoms with Gasteiger partial charge in [-0.15, -0.1) is 0 Å². The van der Waals surface area contributed by atoms with Gasteiger partial charge in [0.05, 0.1) is 12.4 Å². The molecule has 1 aromatic heterocycles. The van der Waals surface area contributed by atoms with Gasteiger partial charge in [-0.05, 0) is 0 Å². The molecule has 1 aromatic rings. The molecule has 4 nitrogen and oxygen atoms in total. The molecule has 6 heteroatoms. The SMILES string of the molecule is CC1CN(C(=O)c2cnc(Cl)cn2)CC(C)S1. The second-order valence-corrected chi connectivity index (χ2v) is 6.46. The van der Waals surface area contributed by atoms with Crippen LogP contribution in [0.2, 0.25) is 5.15 Å². The molecule has 1 saturated heterocycles. The molecular weight excluding hydrogens is 258 g/mol. The van der Waals surface area contributed by atoms with Crippen molar-refractivity contribution in [2.24, 2.45) is 0 Å². The minimum Gasteiger partial charge on any atom is -0.335 e. The fourth-order valence-electron chi connectivity index (χ4n) is 1.93. The molecule has 2 atom stereocenters. The normalized spacial score (nSPS) is 24.8. The third kappa shape index (κ3) is 3.10. The minimum atomic E-state index is -0.0619. The van der Waals surface area contributed by atoms with Crippen LogP contribution in [-0.4, -0.2) is 44.4 Å². The standard InChI is InChI=1S/C11H14ClN3OS/c1-7-5-15(6-8(2)17-7)11(16)9-3-14-10(12)4-13-9/h3-4,7-8H,5-6H2,1-2H3. The van der Waals surface area contributed by atoms with Crippen LogP contribution in [0.1, 0.15) is 24.3 Å². The van der Waals surface area contributed by atoms with Crippen molar-refractivity contribution in [2.75, 3.05) is 13.1 Å². The molecule has 2 heterocycles. The molecule has 92 valence electrons. The monoisotopic (exact) mass is 271 g/mol. The van der Waals surface area contributed by atoms with E-state index in [2.05, 4.69) is 23.8 Å². The van der Waals surface area contributed by atoms with Gasteiger partial charge in [-0.1, -0.05) is 25.4 Å². The lowest BCUT2D eigenvalue weighted by Gasteiger charge is -2.34. The van der Waals surface area contributed by atoms with Crippen LogP contribution >= 0.6 is 23.4 Å². The van der Waals surface area contributed by atoms with E-state index in [1.54, 1.807) is 0 Å². The smallest absolute Gasteiger partial charge is 0.274 e. The zero-order chi connectivity index (χ0) is 12.4. The Hall–Kier alpha value is -0.810. The molecule has 1 fully saturated rings. The van der Waals surface area contributed by atoms with Crippen LogP contribution in [0, 0.1) is 0 Å². The summed E-state index contributed by atoms with van der Waals surface area (Å²) in [5, 5.41) is 1.23. The molecular formula is C11H14ClN3OS. The number of carbonyl (C=O) groups excluding carboxylic acids is 1. The van der Waals surface area contributed by atoms with Crippen LogP contribution < -0.4 is 0 Å². The third-order valence-electron chi connectivity index (χ3n) is 2.55. The molecule has 0 N–H and O–H groups in total. The zero-order valence-electron chi connectivity index (χ0n) is 9.76. The van der Waals surface area contributed by atoms with E-state index >= 15 is 0 Å². The summed E-state index contributed by atoms with van der Waals surface area (Å²) in [4.78, 5) is 21.9. The average Bonchev–Trinajstić information content (AvgIpc) is 2.28. The molecule has 0 spiro atoms. The van der Waals surface area contributed by atoms with Crippen molar-refractivity contribution >= 4 is 29.3 Å². The Labute approximate surface area is 110 Å². The minimum absolute atomic E-state index is 0.0619. The van der Waals surface area contributed by atoms with Gasteiger partial charge in [0.15, 0.2) is 0 Å². The summed E-state index contributed by atoms with van der Waals surface area (Å²) in [5.41, 5.74) is 0.362. The maximum Gasteiger partial charge on any atom is 0.274 e. The number of aromatic nitrogens is 2. The first-order valence-corrected chi connectivity index (χ1v) is 6.80. The molecule has 0 saturated carbocycles. The first-order chi connectivity index (χ1) is 8.06. The van der Waals surface area contributed by atoms with E-state index in [0.717, 1.165) is 13.1 Å². The van der Waals surface area contributed by atoms with Crippen molar-refractivity contribution in [1.82, 2.24) is 14.9 Å². The zero-order valence-corrected chi connectivity index (χ0v) is 11.3. The summed E-state index contributed by atoms with van der Waals surface area (Å²) < 4.78 is 0. The number of nitrogens with zero attached hydrogens (tertiary/aromatic N) is 3. The lowest BCUT2D eigenvalue weighted by atomic mass is 10.3. The highest BCUT2D eigenvalue weighted by atomic mass is 35.5. The number of rotatable bonds is 1. The molecule has 2 rings (SSSR count). The first kappa shape index (κ1) is 12.6. The summed E-state index contributed by atoms with van der Waals surface area (Å²) in [7, 11) is 0. The third-order valence-corrected chi connectivity index (χ3v) is 3.97. The number of hydrogen-bond donors (Lipinski definition) is 0. The Kier molecular flexibility index (Phi) is 3.89. The van der Waals surface area contributed by atoms with Gasteiger partial charge in [0.25, 0.3) is 5.91 Å². The largest absolute Gasteiger partial charge is 0.335 e. The molecule has 1 aliphatic rings. The lowest BCUT2D eigenvalue weighted by molar-refractivity contribution is 0.0747. The molecule has 1 amide bonds. The molecule has 0 aliphatic carbocycles. The van der Waals surface area contributed by atoms with Gasteiger partial charge in [-0.2, -0.15) is 11.8 Å². The Bertz CT molecular complexity index is 402. The number of thioether (sulfide) groups is 1. The second-order valence-electron chi connectivity index (χ2n) is 4.19. The fourth-order valence-corrected chi connectivity index (χ4v) is 3.35. The van der Waals surface area contributed by atoms with Gasteiger partial charge in [0.1, 0.15) is 10.8 Å². The number of carbonyl (C=O) groups is 1. The van der Waals surface area contributed by atoms with E-state index in [1.807, 2.05) is 16.7 Å². The van der Waals surface area contributed by atoms with E-state index in [1.165, 1.54) is 12.4 Å². The summed E-state index contributed by atoms with van der Waals surface area (Å²) in [6.07, 6.45) is 2.84. The van der Waals surface area contributed by atoms with Gasteiger partial charge < -0.3 is 4.90 Å². The second kappa shape index (κ2) is 5.23. The predicted octanol–water partition coefficient (Wildman–Crippen LogP) is 2.10. The van der Waals surface area contributed by atoms with Crippen molar-refractivity contribution < 1.29 is 4.79 Å². The van der Waals surface area contributed by atoms with Crippen LogP contribution in [-0.2, 0) is 0 Å². The van der Waals surface area contributed by atoms with Crippen LogP contribution in [0.25, 0.3) is 0 Å².